The van der Waals surface area contributed by atoms with Crippen LogP contribution < -0.4 is 11.1 Å². The van der Waals surface area contributed by atoms with Gasteiger partial charge in [-0.15, -0.1) is 0 Å². The summed E-state index contributed by atoms with van der Waals surface area (Å²) in [4.78, 5) is 11.3. The molecule has 14 heavy (non-hydrogen) atoms. The van der Waals surface area contributed by atoms with Gasteiger partial charge in [-0.3, -0.25) is 4.79 Å². The zero-order valence-electron chi connectivity index (χ0n) is 7.53. The van der Waals surface area contributed by atoms with Gasteiger partial charge in [-0.25, -0.2) is 0 Å². The topological polar surface area (TPSA) is 95.6 Å². The summed E-state index contributed by atoms with van der Waals surface area (Å²) in [5, 5.41) is 20.7. The summed E-state index contributed by atoms with van der Waals surface area (Å²) in [7, 11) is 0. The van der Waals surface area contributed by atoms with Gasteiger partial charge in [0.2, 0.25) is 0 Å². The normalized spacial score (nSPS) is 9.79. The van der Waals surface area contributed by atoms with Crippen molar-refractivity contribution >= 4 is 5.91 Å². The molecule has 0 aliphatic heterocycles. The summed E-state index contributed by atoms with van der Waals surface area (Å²) in [6.07, 6.45) is 0. The lowest BCUT2D eigenvalue weighted by atomic mass is 10.2. The highest BCUT2D eigenvalue weighted by Crippen LogP contribution is 2.24. The molecule has 5 nitrogen and oxygen atoms in total. The van der Waals surface area contributed by atoms with Gasteiger partial charge in [0.25, 0.3) is 5.91 Å². The highest BCUT2D eigenvalue weighted by atomic mass is 16.3. The average Bonchev–Trinajstić information content (AvgIpc) is 2.18. The van der Waals surface area contributed by atoms with Gasteiger partial charge in [-0.2, -0.15) is 0 Å². The minimum absolute atomic E-state index is 0.250. The van der Waals surface area contributed by atoms with Crippen LogP contribution in [0, 0.1) is 0 Å². The SMILES string of the molecule is NCCNC(=O)c1ccc(O)c(O)c1. The highest BCUT2D eigenvalue weighted by molar-refractivity contribution is 5.94. The van der Waals surface area contributed by atoms with Crippen molar-refractivity contribution in [2.24, 2.45) is 5.73 Å². The van der Waals surface area contributed by atoms with E-state index in [1.54, 1.807) is 0 Å². The van der Waals surface area contributed by atoms with E-state index >= 15 is 0 Å². The molecule has 0 aromatic heterocycles. The third-order valence-corrected chi connectivity index (χ3v) is 1.67. The number of carbonyl (C=O) groups is 1. The largest absolute Gasteiger partial charge is 0.504 e. The summed E-state index contributed by atoms with van der Waals surface area (Å²) >= 11 is 0. The second-order valence-corrected chi connectivity index (χ2v) is 2.75. The van der Waals surface area contributed by atoms with Gasteiger partial charge < -0.3 is 21.3 Å². The monoisotopic (exact) mass is 196 g/mol. The molecule has 0 heterocycles. The van der Waals surface area contributed by atoms with E-state index in [4.69, 9.17) is 15.9 Å². The van der Waals surface area contributed by atoms with E-state index in [1.165, 1.54) is 18.2 Å². The second kappa shape index (κ2) is 4.48. The standard InChI is InChI=1S/C9H12N2O3/c10-3-4-11-9(14)6-1-2-7(12)8(13)5-6/h1-2,5,12-13H,3-4,10H2,(H,11,14). The van der Waals surface area contributed by atoms with E-state index in [9.17, 15) is 4.79 Å². The molecule has 0 unspecified atom stereocenters. The number of phenolic OH excluding ortho intramolecular Hbond substituents is 2. The molecule has 0 bridgehead atoms. The van der Waals surface area contributed by atoms with Crippen LogP contribution in [0.4, 0.5) is 0 Å². The van der Waals surface area contributed by atoms with E-state index in [2.05, 4.69) is 5.32 Å². The third kappa shape index (κ3) is 2.37. The van der Waals surface area contributed by atoms with Crippen LogP contribution in [0.3, 0.4) is 0 Å². The van der Waals surface area contributed by atoms with Crippen LogP contribution >= 0.6 is 0 Å². The second-order valence-electron chi connectivity index (χ2n) is 2.75. The van der Waals surface area contributed by atoms with Crippen molar-refractivity contribution in [3.05, 3.63) is 23.8 Å². The summed E-state index contributed by atoms with van der Waals surface area (Å²) in [5.74, 6) is -0.892. The Morgan fingerprint density at radius 1 is 1.36 bits per heavy atom. The molecule has 0 radical (unpaired) electrons. The maximum atomic E-state index is 11.3. The van der Waals surface area contributed by atoms with Crippen LogP contribution in [0.2, 0.25) is 0 Å². The van der Waals surface area contributed by atoms with E-state index in [0.29, 0.717) is 13.1 Å². The van der Waals surface area contributed by atoms with Gasteiger partial charge in [-0.1, -0.05) is 0 Å². The molecule has 1 amide bonds. The molecule has 0 atom stereocenters. The summed E-state index contributed by atoms with van der Waals surface area (Å²) in [6.45, 7) is 0.732. The van der Waals surface area contributed by atoms with Crippen LogP contribution in [0.1, 0.15) is 10.4 Å². The molecule has 5 N–H and O–H groups in total. The molecule has 76 valence electrons. The molecular weight excluding hydrogens is 184 g/mol. The first-order chi connectivity index (χ1) is 6.65. The van der Waals surface area contributed by atoms with Gasteiger partial charge in [0.1, 0.15) is 0 Å². The molecule has 0 aliphatic carbocycles. The van der Waals surface area contributed by atoms with Crippen LogP contribution in [-0.2, 0) is 0 Å². The molecule has 0 saturated carbocycles. The van der Waals surface area contributed by atoms with E-state index < -0.39 is 0 Å². The van der Waals surface area contributed by atoms with Crippen LogP contribution in [0.25, 0.3) is 0 Å². The van der Waals surface area contributed by atoms with Crippen molar-refractivity contribution in [2.45, 2.75) is 0 Å². The number of nitrogens with two attached hydrogens (primary N) is 1. The fraction of sp³-hybridized carbons (Fsp3) is 0.222. The molecule has 1 rings (SSSR count). The Morgan fingerprint density at radius 2 is 2.07 bits per heavy atom. The molecule has 0 saturated heterocycles. The average molecular weight is 196 g/mol. The van der Waals surface area contributed by atoms with Crippen molar-refractivity contribution in [3.8, 4) is 11.5 Å². The lowest BCUT2D eigenvalue weighted by molar-refractivity contribution is 0.0954. The first-order valence-corrected chi connectivity index (χ1v) is 4.15. The van der Waals surface area contributed by atoms with Gasteiger partial charge in [0, 0.05) is 18.7 Å². The molecule has 0 spiro atoms. The predicted octanol–water partition coefficient (Wildman–Crippen LogP) is -0.214. The first kappa shape index (κ1) is 10.3. The molecular formula is C9H12N2O3. The number of hydrogen-bond acceptors (Lipinski definition) is 4. The number of amides is 1. The van der Waals surface area contributed by atoms with Crippen LogP contribution in [0.5, 0.6) is 11.5 Å². The molecule has 0 aliphatic rings. The highest BCUT2D eigenvalue weighted by Gasteiger charge is 2.07. The fourth-order valence-electron chi connectivity index (χ4n) is 0.952. The van der Waals surface area contributed by atoms with Crippen molar-refractivity contribution in [1.29, 1.82) is 0 Å². The smallest absolute Gasteiger partial charge is 0.251 e. The Kier molecular flexibility index (Phi) is 3.30. The zero-order valence-corrected chi connectivity index (χ0v) is 7.53. The number of rotatable bonds is 3. The summed E-state index contributed by atoms with van der Waals surface area (Å²) < 4.78 is 0. The minimum Gasteiger partial charge on any atom is -0.504 e. The predicted molar refractivity (Wildman–Crippen MR) is 51.2 cm³/mol. The van der Waals surface area contributed by atoms with Gasteiger partial charge in [-0.05, 0) is 18.2 Å². The lowest BCUT2D eigenvalue weighted by Crippen LogP contribution is -2.28. The Hall–Kier alpha value is -1.75. The fourth-order valence-corrected chi connectivity index (χ4v) is 0.952. The van der Waals surface area contributed by atoms with Crippen LogP contribution in [-0.4, -0.2) is 29.2 Å². The Bertz CT molecular complexity index is 339. The number of carbonyl (C=O) groups excluding carboxylic acids is 1. The van der Waals surface area contributed by atoms with Crippen molar-refractivity contribution in [3.63, 3.8) is 0 Å². The van der Waals surface area contributed by atoms with Gasteiger partial charge in [0.15, 0.2) is 11.5 Å². The van der Waals surface area contributed by atoms with E-state index in [0.717, 1.165) is 0 Å². The van der Waals surface area contributed by atoms with E-state index in [1.807, 2.05) is 0 Å². The van der Waals surface area contributed by atoms with Crippen molar-refractivity contribution in [1.82, 2.24) is 5.32 Å². The number of phenols is 2. The summed E-state index contributed by atoms with van der Waals surface area (Å²) in [5.41, 5.74) is 5.49. The summed E-state index contributed by atoms with van der Waals surface area (Å²) in [6, 6.07) is 3.87. The van der Waals surface area contributed by atoms with Gasteiger partial charge >= 0.3 is 0 Å². The number of hydrogen-bond donors (Lipinski definition) is 4. The quantitative estimate of drug-likeness (QED) is 0.503. The first-order valence-electron chi connectivity index (χ1n) is 4.15. The number of nitrogens with one attached hydrogen (secondary N) is 1. The maximum Gasteiger partial charge on any atom is 0.251 e. The Morgan fingerprint density at radius 3 is 2.64 bits per heavy atom. The Balaban J connectivity index is 2.76. The Labute approximate surface area is 81.2 Å². The van der Waals surface area contributed by atoms with Crippen LogP contribution in [0.15, 0.2) is 18.2 Å². The molecule has 1 aromatic rings. The number of aromatic hydroxyl groups is 2. The lowest BCUT2D eigenvalue weighted by Gasteiger charge is -2.04. The van der Waals surface area contributed by atoms with Gasteiger partial charge in [0.05, 0.1) is 0 Å². The van der Waals surface area contributed by atoms with Crippen molar-refractivity contribution < 1.29 is 15.0 Å². The minimum atomic E-state index is -0.328. The molecule has 5 heteroatoms. The molecule has 1 aromatic carbocycles. The maximum absolute atomic E-state index is 11.3. The van der Waals surface area contributed by atoms with Crippen molar-refractivity contribution in [2.75, 3.05) is 13.1 Å². The zero-order chi connectivity index (χ0) is 10.6. The molecule has 0 fully saturated rings. The van der Waals surface area contributed by atoms with E-state index in [-0.39, 0.29) is 23.0 Å². The number of benzene rings is 1. The third-order valence-electron chi connectivity index (χ3n) is 1.67.